The first kappa shape index (κ1) is 23.0. The highest BCUT2D eigenvalue weighted by Crippen LogP contribution is 2.21. The van der Waals surface area contributed by atoms with Gasteiger partial charge in [-0.25, -0.2) is 4.99 Å². The van der Waals surface area contributed by atoms with Crippen molar-refractivity contribution in [2.75, 3.05) is 26.7 Å². The quantitative estimate of drug-likeness (QED) is 0.483. The highest BCUT2D eigenvalue weighted by Gasteiger charge is 2.26. The second-order valence-corrected chi connectivity index (χ2v) is 6.65. The predicted molar refractivity (Wildman–Crippen MR) is 112 cm³/mol. The van der Waals surface area contributed by atoms with Gasteiger partial charge in [0.25, 0.3) is 0 Å². The number of benzene rings is 1. The lowest BCUT2D eigenvalue weighted by atomic mass is 10.0. The van der Waals surface area contributed by atoms with Crippen LogP contribution in [0.5, 0.6) is 0 Å². The Balaban J connectivity index is 2.20. The van der Waals surface area contributed by atoms with Gasteiger partial charge in [-0.05, 0) is 17.7 Å². The number of carbonyl (C=O) groups excluding carboxylic acids is 1. The molecule has 162 valence electrons. The van der Waals surface area contributed by atoms with Gasteiger partial charge in [-0.2, -0.15) is 13.2 Å². The summed E-state index contributed by atoms with van der Waals surface area (Å²) < 4.78 is 36.7. The van der Waals surface area contributed by atoms with Crippen molar-refractivity contribution in [3.05, 3.63) is 47.3 Å². The second-order valence-electron chi connectivity index (χ2n) is 6.65. The fraction of sp³-hybridized carbons (Fsp3) is 0.350. The van der Waals surface area contributed by atoms with E-state index in [0.717, 1.165) is 17.5 Å². The lowest BCUT2D eigenvalue weighted by molar-refractivity contribution is -0.128. The van der Waals surface area contributed by atoms with Gasteiger partial charge in [-0.1, -0.05) is 12.1 Å². The molecule has 2 rings (SSSR count). The molecule has 1 aromatic rings. The van der Waals surface area contributed by atoms with Crippen LogP contribution in [0.15, 0.2) is 51.7 Å². The molecule has 0 aliphatic carbocycles. The number of nitrogens with zero attached hydrogens (tertiary/aromatic N) is 3. The van der Waals surface area contributed by atoms with Crippen LogP contribution in [-0.4, -0.2) is 55.7 Å². The molecule has 0 fully saturated rings. The zero-order chi connectivity index (χ0) is 22.3. The third-order valence-corrected chi connectivity index (χ3v) is 4.53. The van der Waals surface area contributed by atoms with Crippen molar-refractivity contribution in [2.24, 2.45) is 21.5 Å². The van der Waals surface area contributed by atoms with Crippen LogP contribution < -0.4 is 16.8 Å². The van der Waals surface area contributed by atoms with E-state index in [1.54, 1.807) is 36.2 Å². The smallest absolute Gasteiger partial charge is 0.404 e. The average Bonchev–Trinajstić information content (AvgIpc) is 2.70. The van der Waals surface area contributed by atoms with Gasteiger partial charge in [-0.3, -0.25) is 9.79 Å². The number of allylic oxidation sites excluding steroid dienone is 1. The molecule has 10 heteroatoms. The van der Waals surface area contributed by atoms with Crippen molar-refractivity contribution < 1.29 is 18.0 Å². The Morgan fingerprint density at radius 3 is 2.50 bits per heavy atom. The van der Waals surface area contributed by atoms with Crippen LogP contribution in [0.25, 0.3) is 5.57 Å². The lowest BCUT2D eigenvalue weighted by Crippen LogP contribution is -2.40. The summed E-state index contributed by atoms with van der Waals surface area (Å²) in [6, 6.07) is 6.68. The zero-order valence-electron chi connectivity index (χ0n) is 16.8. The molecule has 0 radical (unpaired) electrons. The number of carbonyl (C=O) groups is 1. The monoisotopic (exact) mass is 422 g/mol. The maximum Gasteiger partial charge on any atom is 0.407 e. The predicted octanol–water partition coefficient (Wildman–Crippen LogP) is 2.33. The molecule has 1 aromatic carbocycles. The van der Waals surface area contributed by atoms with Crippen molar-refractivity contribution in [1.82, 2.24) is 10.2 Å². The summed E-state index contributed by atoms with van der Waals surface area (Å²) in [5, 5.41) is 3.11. The van der Waals surface area contributed by atoms with Crippen LogP contribution in [0.1, 0.15) is 18.9 Å². The number of alkyl halides is 3. The minimum atomic E-state index is -4.37. The molecular formula is C20H25F3N6O. The first-order valence-electron chi connectivity index (χ1n) is 9.23. The Bertz CT molecular complexity index is 885. The molecule has 0 spiro atoms. The van der Waals surface area contributed by atoms with Crippen LogP contribution >= 0.6 is 0 Å². The third kappa shape index (κ3) is 6.36. The average molecular weight is 422 g/mol. The summed E-state index contributed by atoms with van der Waals surface area (Å²) in [4.78, 5) is 21.2. The first-order valence-corrected chi connectivity index (χ1v) is 9.23. The largest absolute Gasteiger partial charge is 0.407 e. The van der Waals surface area contributed by atoms with E-state index < -0.39 is 12.7 Å². The standard InChI is InChI=1S/C20H25F3N6O/c1-13(30)29-8-7-18(26-2)17(11-29)19(25)28-16-5-3-14(4-6-16)15(9-24)10-27-12-20(21,22)23/h3-6,9-10,26H,7-8,11-12,24H2,1-2H3,(H2,25,28). The van der Waals surface area contributed by atoms with E-state index in [0.29, 0.717) is 42.2 Å². The number of aliphatic imine (C=N–C) groups is 2. The fourth-order valence-corrected chi connectivity index (χ4v) is 2.94. The lowest BCUT2D eigenvalue weighted by Gasteiger charge is -2.29. The number of rotatable bonds is 6. The van der Waals surface area contributed by atoms with E-state index in [9.17, 15) is 18.0 Å². The summed E-state index contributed by atoms with van der Waals surface area (Å²) in [7, 11) is 1.79. The SMILES string of the molecule is CNC1=C(C(N)=Nc2ccc(C(C=NCC(F)(F)F)=CN)cc2)CN(C(C)=O)CC1. The van der Waals surface area contributed by atoms with Crippen molar-refractivity contribution >= 4 is 29.2 Å². The number of hydrogen-bond acceptors (Lipinski definition) is 5. The van der Waals surface area contributed by atoms with Crippen molar-refractivity contribution in [2.45, 2.75) is 19.5 Å². The maximum atomic E-state index is 12.2. The molecule has 1 aliphatic rings. The van der Waals surface area contributed by atoms with Crippen LogP contribution in [0.2, 0.25) is 0 Å². The van der Waals surface area contributed by atoms with E-state index in [1.807, 2.05) is 0 Å². The van der Waals surface area contributed by atoms with E-state index in [2.05, 4.69) is 15.3 Å². The minimum Gasteiger partial charge on any atom is -0.404 e. The number of amidine groups is 1. The van der Waals surface area contributed by atoms with Gasteiger partial charge in [0.15, 0.2) is 0 Å². The molecule has 0 saturated heterocycles. The van der Waals surface area contributed by atoms with E-state index >= 15 is 0 Å². The summed E-state index contributed by atoms with van der Waals surface area (Å²) in [5.41, 5.74) is 14.9. The summed E-state index contributed by atoms with van der Waals surface area (Å²) in [6.45, 7) is 1.22. The molecule has 0 atom stereocenters. The molecule has 1 heterocycles. The summed E-state index contributed by atoms with van der Waals surface area (Å²) >= 11 is 0. The van der Waals surface area contributed by atoms with E-state index in [1.165, 1.54) is 13.1 Å². The molecule has 0 saturated carbocycles. The molecule has 1 aliphatic heterocycles. The highest BCUT2D eigenvalue weighted by atomic mass is 19.4. The highest BCUT2D eigenvalue weighted by molar-refractivity contribution is 6.09. The second kappa shape index (κ2) is 9.95. The Labute approximate surface area is 173 Å². The molecule has 1 amide bonds. The fourth-order valence-electron chi connectivity index (χ4n) is 2.94. The molecule has 5 N–H and O–H groups in total. The number of nitrogens with two attached hydrogens (primary N) is 2. The van der Waals surface area contributed by atoms with Crippen LogP contribution in [-0.2, 0) is 4.79 Å². The van der Waals surface area contributed by atoms with Crippen molar-refractivity contribution in [1.29, 1.82) is 0 Å². The van der Waals surface area contributed by atoms with Gasteiger partial charge in [-0.15, -0.1) is 0 Å². The van der Waals surface area contributed by atoms with Crippen LogP contribution in [0.3, 0.4) is 0 Å². The molecule has 7 nitrogen and oxygen atoms in total. The summed E-state index contributed by atoms with van der Waals surface area (Å²) in [5.74, 6) is 0.257. The van der Waals surface area contributed by atoms with Gasteiger partial charge in [0.05, 0.1) is 12.2 Å². The number of halogens is 3. The first-order chi connectivity index (χ1) is 14.1. The summed E-state index contributed by atoms with van der Waals surface area (Å²) in [6.07, 6.45) is -1.44. The normalized spacial score (nSPS) is 16.4. The van der Waals surface area contributed by atoms with Crippen molar-refractivity contribution in [3.63, 3.8) is 0 Å². The topological polar surface area (TPSA) is 109 Å². The van der Waals surface area contributed by atoms with Gasteiger partial charge in [0.2, 0.25) is 5.91 Å². The van der Waals surface area contributed by atoms with Gasteiger partial charge < -0.3 is 21.7 Å². The minimum absolute atomic E-state index is 0.0342. The number of nitrogens with one attached hydrogen (secondary N) is 1. The Morgan fingerprint density at radius 2 is 1.97 bits per heavy atom. The van der Waals surface area contributed by atoms with Gasteiger partial charge >= 0.3 is 6.18 Å². The van der Waals surface area contributed by atoms with E-state index in [4.69, 9.17) is 11.5 Å². The van der Waals surface area contributed by atoms with E-state index in [-0.39, 0.29) is 5.91 Å². The van der Waals surface area contributed by atoms with Gasteiger partial charge in [0, 0.05) is 56.2 Å². The molecule has 30 heavy (non-hydrogen) atoms. The number of hydrogen-bond donors (Lipinski definition) is 3. The molecular weight excluding hydrogens is 397 g/mol. The Kier molecular flexibility index (Phi) is 7.62. The maximum absolute atomic E-state index is 12.2. The third-order valence-electron chi connectivity index (χ3n) is 4.53. The van der Waals surface area contributed by atoms with Crippen LogP contribution in [0.4, 0.5) is 18.9 Å². The molecule has 0 bridgehead atoms. The number of amides is 1. The van der Waals surface area contributed by atoms with Crippen LogP contribution in [0, 0.1) is 0 Å². The molecule has 0 unspecified atom stereocenters. The van der Waals surface area contributed by atoms with Crippen molar-refractivity contribution in [3.8, 4) is 0 Å². The van der Waals surface area contributed by atoms with Gasteiger partial charge in [0.1, 0.15) is 12.4 Å². The Hall–Kier alpha value is -3.30. The zero-order valence-corrected chi connectivity index (χ0v) is 16.8. The Morgan fingerprint density at radius 1 is 1.30 bits per heavy atom. The molecule has 0 aromatic heterocycles.